The van der Waals surface area contributed by atoms with Crippen molar-refractivity contribution >= 4 is 33.2 Å². The first kappa shape index (κ1) is 22.4. The van der Waals surface area contributed by atoms with Gasteiger partial charge in [-0.1, -0.05) is 43.6 Å². The van der Waals surface area contributed by atoms with Crippen molar-refractivity contribution in [2.75, 3.05) is 17.1 Å². The maximum absolute atomic E-state index is 12.9. The van der Waals surface area contributed by atoms with Gasteiger partial charge in [0.05, 0.1) is 18.0 Å². The fourth-order valence-electron chi connectivity index (χ4n) is 3.81. The number of nitrogens with zero attached hydrogens (tertiary/aromatic N) is 1. The van der Waals surface area contributed by atoms with Crippen LogP contribution in [-0.4, -0.2) is 32.7 Å². The van der Waals surface area contributed by atoms with Gasteiger partial charge in [0.1, 0.15) is 17.9 Å². The number of benzene rings is 2. The lowest BCUT2D eigenvalue weighted by Gasteiger charge is -2.41. The van der Waals surface area contributed by atoms with Crippen molar-refractivity contribution in [1.82, 2.24) is 5.32 Å². The molecule has 162 valence electrons. The Kier molecular flexibility index (Phi) is 6.62. The second-order valence-corrected chi connectivity index (χ2v) is 9.94. The Morgan fingerprint density at radius 1 is 1.17 bits per heavy atom. The summed E-state index contributed by atoms with van der Waals surface area (Å²) in [4.78, 5) is 12.9. The predicted octanol–water partition coefficient (Wildman–Crippen LogP) is 4.30. The normalized spacial score (nSPS) is 17.5. The summed E-state index contributed by atoms with van der Waals surface area (Å²) >= 11 is 5.91. The Labute approximate surface area is 183 Å². The molecule has 0 spiro atoms. The first-order valence-electron chi connectivity index (χ1n) is 9.98. The molecule has 0 bridgehead atoms. The van der Waals surface area contributed by atoms with Crippen LogP contribution in [0.4, 0.5) is 5.69 Å². The van der Waals surface area contributed by atoms with Crippen LogP contribution in [0.15, 0.2) is 48.5 Å². The average Bonchev–Trinajstić information content (AvgIpc) is 2.72. The molecule has 0 fully saturated rings. The van der Waals surface area contributed by atoms with Crippen molar-refractivity contribution in [2.45, 2.75) is 44.8 Å². The Morgan fingerprint density at radius 2 is 1.80 bits per heavy atom. The maximum Gasteiger partial charge on any atom is 0.241 e. The Hall–Kier alpha value is -2.25. The highest BCUT2D eigenvalue weighted by Crippen LogP contribution is 2.42. The summed E-state index contributed by atoms with van der Waals surface area (Å²) in [7, 11) is -3.65. The smallest absolute Gasteiger partial charge is 0.241 e. The van der Waals surface area contributed by atoms with E-state index in [4.69, 9.17) is 16.3 Å². The van der Waals surface area contributed by atoms with Crippen molar-refractivity contribution in [3.8, 4) is 5.75 Å². The van der Waals surface area contributed by atoms with Crippen LogP contribution in [0.1, 0.15) is 44.7 Å². The molecule has 0 aromatic heterocycles. The van der Waals surface area contributed by atoms with E-state index in [2.05, 4.69) is 19.2 Å². The van der Waals surface area contributed by atoms with Gasteiger partial charge in [-0.05, 0) is 43.2 Å². The molecular weight excluding hydrogens is 424 g/mol. The number of para-hydroxylation sites is 1. The van der Waals surface area contributed by atoms with E-state index < -0.39 is 10.0 Å². The van der Waals surface area contributed by atoms with E-state index in [0.29, 0.717) is 17.1 Å². The topological polar surface area (TPSA) is 75.7 Å². The number of anilines is 1. The Bertz CT molecular complexity index is 1000. The number of fused-ring (bicyclic) bond motifs is 1. The van der Waals surface area contributed by atoms with Crippen LogP contribution < -0.4 is 14.4 Å². The number of carbonyl (C=O) groups excluding carboxylic acids is 1. The number of carbonyl (C=O) groups is 1. The molecule has 2 aromatic carbocycles. The van der Waals surface area contributed by atoms with Crippen molar-refractivity contribution in [3.05, 3.63) is 59.1 Å². The summed E-state index contributed by atoms with van der Waals surface area (Å²) in [5.74, 6) is 0.383. The van der Waals surface area contributed by atoms with Crippen LogP contribution >= 0.6 is 11.6 Å². The number of rotatable bonds is 7. The van der Waals surface area contributed by atoms with Crippen LogP contribution in [0, 0.1) is 0 Å². The SMILES string of the molecule is CCC1(CC)CC(NC(=O)CN(c2ccc(Cl)cc2)S(C)(=O)=O)c2ccccc2O1. The highest BCUT2D eigenvalue weighted by Gasteiger charge is 2.39. The number of amides is 1. The third-order valence-electron chi connectivity index (χ3n) is 5.62. The zero-order chi connectivity index (χ0) is 21.9. The van der Waals surface area contributed by atoms with Crippen LogP contribution in [0.3, 0.4) is 0 Å². The van der Waals surface area contributed by atoms with Crippen molar-refractivity contribution in [3.63, 3.8) is 0 Å². The average molecular weight is 451 g/mol. The minimum absolute atomic E-state index is 0.256. The lowest BCUT2D eigenvalue weighted by Crippen LogP contribution is -2.47. The van der Waals surface area contributed by atoms with E-state index in [1.807, 2.05) is 24.3 Å². The van der Waals surface area contributed by atoms with Crippen LogP contribution in [-0.2, 0) is 14.8 Å². The number of hydrogen-bond acceptors (Lipinski definition) is 4. The second-order valence-electron chi connectivity index (χ2n) is 7.60. The highest BCUT2D eigenvalue weighted by molar-refractivity contribution is 7.92. The lowest BCUT2D eigenvalue weighted by molar-refractivity contribution is -0.121. The van der Waals surface area contributed by atoms with E-state index in [0.717, 1.165) is 34.7 Å². The van der Waals surface area contributed by atoms with Gasteiger partial charge in [0.15, 0.2) is 0 Å². The maximum atomic E-state index is 12.9. The van der Waals surface area contributed by atoms with E-state index in [1.54, 1.807) is 24.3 Å². The quantitative estimate of drug-likeness (QED) is 0.682. The highest BCUT2D eigenvalue weighted by atomic mass is 35.5. The second kappa shape index (κ2) is 8.86. The molecule has 1 unspecified atom stereocenters. The third-order valence-corrected chi connectivity index (χ3v) is 7.02. The van der Waals surface area contributed by atoms with Gasteiger partial charge >= 0.3 is 0 Å². The lowest BCUT2D eigenvalue weighted by atomic mass is 9.83. The predicted molar refractivity (Wildman–Crippen MR) is 120 cm³/mol. The summed E-state index contributed by atoms with van der Waals surface area (Å²) in [6.45, 7) is 3.83. The van der Waals surface area contributed by atoms with E-state index in [-0.39, 0.29) is 24.1 Å². The molecule has 1 amide bonds. The number of hydrogen-bond donors (Lipinski definition) is 1. The molecular formula is C22H27ClN2O4S. The van der Waals surface area contributed by atoms with Crippen LogP contribution in [0.2, 0.25) is 5.02 Å². The van der Waals surface area contributed by atoms with Gasteiger partial charge in [0, 0.05) is 17.0 Å². The summed E-state index contributed by atoms with van der Waals surface area (Å²) in [5, 5.41) is 3.52. The Morgan fingerprint density at radius 3 is 2.40 bits per heavy atom. The van der Waals surface area contributed by atoms with Crippen molar-refractivity contribution in [1.29, 1.82) is 0 Å². The van der Waals surface area contributed by atoms with Gasteiger partial charge < -0.3 is 10.1 Å². The molecule has 1 atom stereocenters. The van der Waals surface area contributed by atoms with Gasteiger partial charge in [-0.25, -0.2) is 8.42 Å². The molecule has 1 aliphatic heterocycles. The molecule has 0 radical (unpaired) electrons. The standard InChI is InChI=1S/C22H27ClN2O4S/c1-4-22(5-2)14-19(18-8-6-7-9-20(18)29-22)24-21(26)15-25(30(3,27)28)17-12-10-16(23)11-13-17/h6-13,19H,4-5,14-15H2,1-3H3,(H,24,26). The molecule has 0 saturated carbocycles. The first-order chi connectivity index (χ1) is 14.2. The van der Waals surface area contributed by atoms with E-state index >= 15 is 0 Å². The van der Waals surface area contributed by atoms with Crippen molar-refractivity contribution in [2.24, 2.45) is 0 Å². The zero-order valence-corrected chi connectivity index (χ0v) is 19.0. The fourth-order valence-corrected chi connectivity index (χ4v) is 4.79. The summed E-state index contributed by atoms with van der Waals surface area (Å²) < 4.78 is 32.0. The molecule has 0 saturated heterocycles. The minimum atomic E-state index is -3.65. The van der Waals surface area contributed by atoms with Gasteiger partial charge in [-0.3, -0.25) is 9.10 Å². The summed E-state index contributed by atoms with van der Waals surface area (Å²) in [6, 6.07) is 13.8. The molecule has 1 aliphatic rings. The molecule has 2 aromatic rings. The molecule has 8 heteroatoms. The molecule has 6 nitrogen and oxygen atoms in total. The van der Waals surface area contributed by atoms with Crippen molar-refractivity contribution < 1.29 is 17.9 Å². The van der Waals surface area contributed by atoms with Crippen LogP contribution in [0.5, 0.6) is 5.75 Å². The molecule has 1 heterocycles. The Balaban J connectivity index is 1.84. The molecule has 30 heavy (non-hydrogen) atoms. The number of ether oxygens (including phenoxy) is 1. The number of nitrogens with one attached hydrogen (secondary N) is 1. The van der Waals surface area contributed by atoms with E-state index in [1.165, 1.54) is 0 Å². The van der Waals surface area contributed by atoms with Crippen LogP contribution in [0.25, 0.3) is 0 Å². The third kappa shape index (κ3) is 4.90. The summed E-state index contributed by atoms with van der Waals surface area (Å²) in [5.41, 5.74) is 0.931. The fraction of sp³-hybridized carbons (Fsp3) is 0.409. The summed E-state index contributed by atoms with van der Waals surface area (Å²) in [6.07, 6.45) is 3.33. The number of halogens is 1. The van der Waals surface area contributed by atoms with Gasteiger partial charge in [0.2, 0.25) is 15.9 Å². The molecule has 3 rings (SSSR count). The molecule has 1 N–H and O–H groups in total. The number of sulfonamides is 1. The van der Waals surface area contributed by atoms with Gasteiger partial charge in [-0.15, -0.1) is 0 Å². The largest absolute Gasteiger partial charge is 0.487 e. The van der Waals surface area contributed by atoms with Gasteiger partial charge in [-0.2, -0.15) is 0 Å². The zero-order valence-electron chi connectivity index (χ0n) is 17.4. The first-order valence-corrected chi connectivity index (χ1v) is 12.2. The van der Waals surface area contributed by atoms with Gasteiger partial charge in [0.25, 0.3) is 0 Å². The monoisotopic (exact) mass is 450 g/mol. The minimum Gasteiger partial charge on any atom is -0.487 e. The molecule has 0 aliphatic carbocycles. The van der Waals surface area contributed by atoms with E-state index in [9.17, 15) is 13.2 Å².